The molecule has 1 aliphatic heterocycles. The lowest BCUT2D eigenvalue weighted by atomic mass is 10.1. The molecule has 0 unspecified atom stereocenters. The van der Waals surface area contributed by atoms with E-state index in [1.54, 1.807) is 18.3 Å². The van der Waals surface area contributed by atoms with Crippen molar-refractivity contribution in [2.45, 2.75) is 45.7 Å². The molecule has 0 radical (unpaired) electrons. The second-order valence-corrected chi connectivity index (χ2v) is 7.58. The fourth-order valence-electron chi connectivity index (χ4n) is 3.91. The molecule has 3 aromatic rings. The molecule has 1 aliphatic rings. The quantitative estimate of drug-likeness (QED) is 0.594. The minimum absolute atomic E-state index is 0.0258. The van der Waals surface area contributed by atoms with E-state index in [0.29, 0.717) is 18.1 Å². The Morgan fingerprint density at radius 3 is 2.87 bits per heavy atom. The number of nitrogens with zero attached hydrogens (tertiary/aromatic N) is 5. The number of carbonyl (C=O) groups is 1. The maximum atomic E-state index is 14.1. The van der Waals surface area contributed by atoms with Gasteiger partial charge in [0, 0.05) is 30.9 Å². The van der Waals surface area contributed by atoms with Gasteiger partial charge in [0.1, 0.15) is 12.4 Å². The maximum absolute atomic E-state index is 14.1. The number of aromatic nitrogens is 4. The minimum atomic E-state index is -3.00. The highest BCUT2D eigenvalue weighted by atomic mass is 19.3. The van der Waals surface area contributed by atoms with Crippen LogP contribution in [0.5, 0.6) is 5.75 Å². The molecular weight excluding hydrogens is 408 g/mol. The summed E-state index contributed by atoms with van der Waals surface area (Å²) in [5.41, 5.74) is 2.34. The maximum Gasteiger partial charge on any atom is 0.276 e. The zero-order valence-electron chi connectivity index (χ0n) is 17.5. The summed E-state index contributed by atoms with van der Waals surface area (Å²) in [4.78, 5) is 18.0. The van der Waals surface area contributed by atoms with Gasteiger partial charge in [-0.15, -0.1) is 0 Å². The van der Waals surface area contributed by atoms with Gasteiger partial charge in [-0.3, -0.25) is 14.5 Å². The van der Waals surface area contributed by atoms with Crippen molar-refractivity contribution >= 4 is 5.91 Å². The van der Waals surface area contributed by atoms with Gasteiger partial charge in [-0.2, -0.15) is 5.10 Å². The smallest absolute Gasteiger partial charge is 0.276 e. The SMILES string of the molecule is CCn1nc(C)c(-c2cc(C(=O)N3CC(F)(F)C[C@H]3COc3cccnc3)no2)c1C. The molecule has 1 atom stereocenters. The number of ether oxygens (including phenoxy) is 1. The van der Waals surface area contributed by atoms with E-state index in [2.05, 4.69) is 15.2 Å². The molecule has 4 rings (SSSR count). The second-order valence-electron chi connectivity index (χ2n) is 7.58. The lowest BCUT2D eigenvalue weighted by molar-refractivity contribution is 0.0115. The van der Waals surface area contributed by atoms with Crippen LogP contribution in [0.1, 0.15) is 35.2 Å². The fourth-order valence-corrected chi connectivity index (χ4v) is 3.91. The largest absolute Gasteiger partial charge is 0.490 e. The third-order valence-corrected chi connectivity index (χ3v) is 5.37. The first-order chi connectivity index (χ1) is 14.8. The van der Waals surface area contributed by atoms with E-state index in [0.717, 1.165) is 21.9 Å². The molecule has 0 saturated carbocycles. The molecule has 3 aromatic heterocycles. The van der Waals surface area contributed by atoms with Crippen molar-refractivity contribution in [1.29, 1.82) is 0 Å². The van der Waals surface area contributed by atoms with Crippen LogP contribution in [0.25, 0.3) is 11.3 Å². The predicted molar refractivity (Wildman–Crippen MR) is 107 cm³/mol. The number of halogens is 2. The van der Waals surface area contributed by atoms with E-state index in [4.69, 9.17) is 9.26 Å². The fraction of sp³-hybridized carbons (Fsp3) is 0.429. The second kappa shape index (κ2) is 8.09. The minimum Gasteiger partial charge on any atom is -0.490 e. The van der Waals surface area contributed by atoms with Crippen molar-refractivity contribution in [2.24, 2.45) is 0 Å². The average Bonchev–Trinajstić information content (AvgIpc) is 3.42. The Morgan fingerprint density at radius 2 is 2.19 bits per heavy atom. The highest BCUT2D eigenvalue weighted by Crippen LogP contribution is 2.34. The van der Waals surface area contributed by atoms with Gasteiger partial charge in [0.15, 0.2) is 11.5 Å². The number of pyridine rings is 1. The van der Waals surface area contributed by atoms with Gasteiger partial charge in [-0.05, 0) is 32.9 Å². The standard InChI is InChI=1S/C21H23F2N5O3/c1-4-28-14(3)19(13(2)25-28)18-8-17(26-31-18)20(29)27-12-21(22,23)9-15(27)11-30-16-6-5-7-24-10-16/h5-8,10,15H,4,9,11-12H2,1-3H3/t15-/m0/s1. The zero-order chi connectivity index (χ0) is 22.2. The first kappa shape index (κ1) is 21.0. The van der Waals surface area contributed by atoms with Crippen molar-refractivity contribution in [3.05, 3.63) is 47.7 Å². The molecule has 8 nitrogen and oxygen atoms in total. The number of hydrogen-bond donors (Lipinski definition) is 0. The Balaban J connectivity index is 1.54. The summed E-state index contributed by atoms with van der Waals surface area (Å²) in [6.07, 6.45) is 2.59. The normalized spacial score (nSPS) is 17.8. The summed E-state index contributed by atoms with van der Waals surface area (Å²) in [5.74, 6) is -2.79. The van der Waals surface area contributed by atoms with Crippen molar-refractivity contribution < 1.29 is 22.8 Å². The number of rotatable bonds is 6. The topological polar surface area (TPSA) is 86.3 Å². The predicted octanol–water partition coefficient (Wildman–Crippen LogP) is 3.50. The molecule has 164 valence electrons. The van der Waals surface area contributed by atoms with Crippen LogP contribution in [0, 0.1) is 13.8 Å². The number of hydrogen-bond acceptors (Lipinski definition) is 6. The Morgan fingerprint density at radius 1 is 1.39 bits per heavy atom. The van der Waals surface area contributed by atoms with Crippen LogP contribution in [0.4, 0.5) is 8.78 Å². The Bertz CT molecular complexity index is 1080. The third kappa shape index (κ3) is 4.14. The molecule has 0 aliphatic carbocycles. The van der Waals surface area contributed by atoms with E-state index < -0.39 is 30.8 Å². The molecule has 4 heterocycles. The van der Waals surface area contributed by atoms with Gasteiger partial charge in [0.05, 0.1) is 30.0 Å². The van der Waals surface area contributed by atoms with Crippen molar-refractivity contribution in [3.63, 3.8) is 0 Å². The third-order valence-electron chi connectivity index (χ3n) is 5.37. The van der Waals surface area contributed by atoms with Crippen LogP contribution in [-0.2, 0) is 6.54 Å². The zero-order valence-corrected chi connectivity index (χ0v) is 17.5. The van der Waals surface area contributed by atoms with Crippen LogP contribution in [-0.4, -0.2) is 55.8 Å². The van der Waals surface area contributed by atoms with Crippen LogP contribution < -0.4 is 4.74 Å². The molecule has 0 aromatic carbocycles. The van der Waals surface area contributed by atoms with Crippen molar-refractivity contribution in [2.75, 3.05) is 13.2 Å². The number of amides is 1. The molecular formula is C21H23F2N5O3. The van der Waals surface area contributed by atoms with Gasteiger partial charge < -0.3 is 14.2 Å². The van der Waals surface area contributed by atoms with E-state index in [1.807, 2.05) is 25.5 Å². The molecule has 1 saturated heterocycles. The lowest BCUT2D eigenvalue weighted by Gasteiger charge is -2.22. The molecule has 10 heteroatoms. The molecule has 0 bridgehead atoms. The Kier molecular flexibility index (Phi) is 5.47. The summed E-state index contributed by atoms with van der Waals surface area (Å²) in [7, 11) is 0. The number of likely N-dealkylation sites (tertiary alicyclic amines) is 1. The van der Waals surface area contributed by atoms with Crippen LogP contribution in [0.2, 0.25) is 0 Å². The van der Waals surface area contributed by atoms with E-state index in [1.165, 1.54) is 12.3 Å². The number of carbonyl (C=O) groups excluding carboxylic acids is 1. The summed E-state index contributed by atoms with van der Waals surface area (Å²) < 4.78 is 41.1. The number of alkyl halides is 2. The van der Waals surface area contributed by atoms with Gasteiger partial charge in [-0.1, -0.05) is 5.16 Å². The van der Waals surface area contributed by atoms with Gasteiger partial charge in [-0.25, -0.2) is 8.78 Å². The van der Waals surface area contributed by atoms with Gasteiger partial charge in [0.25, 0.3) is 11.8 Å². The van der Waals surface area contributed by atoms with Crippen molar-refractivity contribution in [1.82, 2.24) is 24.8 Å². The molecule has 1 amide bonds. The summed E-state index contributed by atoms with van der Waals surface area (Å²) in [6, 6.07) is 4.05. The molecule has 1 fully saturated rings. The first-order valence-corrected chi connectivity index (χ1v) is 10.0. The van der Waals surface area contributed by atoms with Crippen LogP contribution in [0.3, 0.4) is 0 Å². The summed E-state index contributed by atoms with van der Waals surface area (Å²) in [5, 5.41) is 8.29. The van der Waals surface area contributed by atoms with Crippen LogP contribution in [0.15, 0.2) is 35.1 Å². The monoisotopic (exact) mass is 431 g/mol. The van der Waals surface area contributed by atoms with Crippen LogP contribution >= 0.6 is 0 Å². The van der Waals surface area contributed by atoms with Gasteiger partial charge >= 0.3 is 0 Å². The Labute approximate surface area is 177 Å². The molecule has 31 heavy (non-hydrogen) atoms. The highest BCUT2D eigenvalue weighted by Gasteiger charge is 2.48. The van der Waals surface area contributed by atoms with E-state index in [-0.39, 0.29) is 12.3 Å². The summed E-state index contributed by atoms with van der Waals surface area (Å²) >= 11 is 0. The Hall–Kier alpha value is -3.30. The van der Waals surface area contributed by atoms with E-state index >= 15 is 0 Å². The molecule has 0 spiro atoms. The summed E-state index contributed by atoms with van der Waals surface area (Å²) in [6.45, 7) is 5.63. The molecule has 0 N–H and O–H groups in total. The average molecular weight is 431 g/mol. The van der Waals surface area contributed by atoms with Crippen molar-refractivity contribution in [3.8, 4) is 17.1 Å². The number of aryl methyl sites for hydroxylation is 2. The lowest BCUT2D eigenvalue weighted by Crippen LogP contribution is -2.39. The highest BCUT2D eigenvalue weighted by molar-refractivity contribution is 5.93. The first-order valence-electron chi connectivity index (χ1n) is 10.0. The van der Waals surface area contributed by atoms with Gasteiger partial charge in [0.2, 0.25) is 0 Å². The van der Waals surface area contributed by atoms with E-state index in [9.17, 15) is 13.6 Å².